The molecule has 0 saturated carbocycles. The summed E-state index contributed by atoms with van der Waals surface area (Å²) in [7, 11) is 0. The van der Waals surface area contributed by atoms with E-state index in [1.54, 1.807) is 6.26 Å². The van der Waals surface area contributed by atoms with Crippen molar-refractivity contribution in [3.63, 3.8) is 0 Å². The van der Waals surface area contributed by atoms with Crippen LogP contribution in [0.2, 0.25) is 0 Å². The maximum atomic E-state index is 5.35. The van der Waals surface area contributed by atoms with E-state index in [1.807, 2.05) is 24.7 Å². The van der Waals surface area contributed by atoms with Gasteiger partial charge in [0.15, 0.2) is 0 Å². The van der Waals surface area contributed by atoms with Crippen LogP contribution in [0.1, 0.15) is 23.8 Å². The molecule has 1 unspecified atom stereocenters. The first-order valence-electron chi connectivity index (χ1n) is 6.16. The van der Waals surface area contributed by atoms with Gasteiger partial charge in [-0.2, -0.15) is 0 Å². The molecule has 1 aliphatic heterocycles. The van der Waals surface area contributed by atoms with Crippen molar-refractivity contribution in [3.8, 4) is 0 Å². The molecule has 90 valence electrons. The molecule has 0 aliphatic carbocycles. The molecule has 4 nitrogen and oxygen atoms in total. The highest BCUT2D eigenvalue weighted by Crippen LogP contribution is 2.22. The molecule has 0 spiro atoms. The van der Waals surface area contributed by atoms with Gasteiger partial charge in [0.1, 0.15) is 5.76 Å². The fourth-order valence-electron chi connectivity index (χ4n) is 2.45. The molecule has 1 aliphatic rings. The van der Waals surface area contributed by atoms with Crippen molar-refractivity contribution in [2.75, 3.05) is 13.1 Å². The smallest absolute Gasteiger partial charge is 0.105 e. The summed E-state index contributed by atoms with van der Waals surface area (Å²) in [5, 5.41) is 3.40. The van der Waals surface area contributed by atoms with Crippen LogP contribution >= 0.6 is 0 Å². The summed E-state index contributed by atoms with van der Waals surface area (Å²) in [6.07, 6.45) is 7.80. The average Bonchev–Trinajstić information content (AvgIpc) is 3.09. The van der Waals surface area contributed by atoms with E-state index in [9.17, 15) is 0 Å². The molecule has 1 fully saturated rings. The minimum Gasteiger partial charge on any atom is -0.469 e. The topological polar surface area (TPSA) is 43.0 Å². The van der Waals surface area contributed by atoms with E-state index in [-0.39, 0.29) is 0 Å². The molecule has 0 aromatic carbocycles. The third kappa shape index (κ3) is 2.26. The van der Waals surface area contributed by atoms with Gasteiger partial charge in [-0.1, -0.05) is 0 Å². The molecule has 0 bridgehead atoms. The van der Waals surface area contributed by atoms with Crippen LogP contribution in [0.15, 0.2) is 35.3 Å². The van der Waals surface area contributed by atoms with Crippen molar-refractivity contribution in [2.24, 2.45) is 0 Å². The normalized spacial score (nSPS) is 19.9. The van der Waals surface area contributed by atoms with E-state index in [1.165, 1.54) is 12.1 Å². The summed E-state index contributed by atoms with van der Waals surface area (Å²) in [6.45, 7) is 3.14. The van der Waals surface area contributed by atoms with Gasteiger partial charge in [0.05, 0.1) is 12.6 Å². The van der Waals surface area contributed by atoms with Gasteiger partial charge in [0, 0.05) is 37.3 Å². The number of aromatic nitrogens is 2. The largest absolute Gasteiger partial charge is 0.469 e. The van der Waals surface area contributed by atoms with Crippen molar-refractivity contribution in [2.45, 2.75) is 25.3 Å². The summed E-state index contributed by atoms with van der Waals surface area (Å²) in [5.74, 6) is 1.66. The van der Waals surface area contributed by atoms with E-state index in [0.29, 0.717) is 5.92 Å². The molecule has 1 atom stereocenters. The molecule has 0 amide bonds. The second-order valence-electron chi connectivity index (χ2n) is 4.53. The van der Waals surface area contributed by atoms with E-state index >= 15 is 0 Å². The number of nitrogens with zero attached hydrogens (tertiary/aromatic N) is 2. The third-order valence-corrected chi connectivity index (χ3v) is 3.40. The Labute approximate surface area is 101 Å². The van der Waals surface area contributed by atoms with Crippen LogP contribution in [-0.4, -0.2) is 22.6 Å². The predicted molar refractivity (Wildman–Crippen MR) is 64.9 cm³/mol. The van der Waals surface area contributed by atoms with Crippen LogP contribution in [0.4, 0.5) is 0 Å². The van der Waals surface area contributed by atoms with Crippen molar-refractivity contribution >= 4 is 0 Å². The maximum absolute atomic E-state index is 5.35. The fraction of sp³-hybridized carbons (Fsp3) is 0.462. The van der Waals surface area contributed by atoms with Crippen LogP contribution in [0, 0.1) is 0 Å². The van der Waals surface area contributed by atoms with E-state index in [4.69, 9.17) is 4.42 Å². The summed E-state index contributed by atoms with van der Waals surface area (Å²) in [4.78, 5) is 4.27. The summed E-state index contributed by atoms with van der Waals surface area (Å²) < 4.78 is 7.60. The Morgan fingerprint density at radius 2 is 2.53 bits per heavy atom. The number of imidazole rings is 1. The first-order valence-corrected chi connectivity index (χ1v) is 6.16. The standard InChI is InChI=1S/C13H17N3O/c1-2-12(17-7-1)4-6-16-10-15-9-13(16)11-3-5-14-8-11/h1-2,7,9-11,14H,3-6,8H2. The number of furan rings is 1. The Morgan fingerprint density at radius 3 is 3.29 bits per heavy atom. The zero-order valence-corrected chi connectivity index (χ0v) is 9.80. The number of aryl methyl sites for hydroxylation is 2. The van der Waals surface area contributed by atoms with Gasteiger partial charge >= 0.3 is 0 Å². The zero-order chi connectivity index (χ0) is 11.5. The molecular weight excluding hydrogens is 214 g/mol. The highest BCUT2D eigenvalue weighted by Gasteiger charge is 2.19. The Morgan fingerprint density at radius 1 is 1.53 bits per heavy atom. The lowest BCUT2D eigenvalue weighted by atomic mass is 10.1. The molecule has 2 aromatic rings. The van der Waals surface area contributed by atoms with E-state index in [2.05, 4.69) is 14.9 Å². The quantitative estimate of drug-likeness (QED) is 0.872. The lowest BCUT2D eigenvalue weighted by Gasteiger charge is -2.12. The molecule has 1 saturated heterocycles. The monoisotopic (exact) mass is 231 g/mol. The second-order valence-corrected chi connectivity index (χ2v) is 4.53. The van der Waals surface area contributed by atoms with Crippen LogP contribution < -0.4 is 5.32 Å². The molecule has 17 heavy (non-hydrogen) atoms. The maximum Gasteiger partial charge on any atom is 0.105 e. The fourth-order valence-corrected chi connectivity index (χ4v) is 2.45. The number of nitrogens with one attached hydrogen (secondary N) is 1. The molecule has 1 N–H and O–H groups in total. The minimum absolute atomic E-state index is 0.620. The molecule has 4 heteroatoms. The lowest BCUT2D eigenvalue weighted by Crippen LogP contribution is -2.12. The van der Waals surface area contributed by atoms with Crippen LogP contribution in [0.3, 0.4) is 0 Å². The minimum atomic E-state index is 0.620. The molecule has 3 heterocycles. The number of hydrogen-bond acceptors (Lipinski definition) is 3. The van der Waals surface area contributed by atoms with Gasteiger partial charge in [-0.25, -0.2) is 4.98 Å². The number of rotatable bonds is 4. The molecule has 3 rings (SSSR count). The third-order valence-electron chi connectivity index (χ3n) is 3.40. The summed E-state index contributed by atoms with van der Waals surface area (Å²) in [5.41, 5.74) is 1.35. The van der Waals surface area contributed by atoms with Crippen molar-refractivity contribution in [1.82, 2.24) is 14.9 Å². The predicted octanol–water partition coefficient (Wildman–Crippen LogP) is 1.80. The highest BCUT2D eigenvalue weighted by molar-refractivity contribution is 5.10. The first kappa shape index (κ1) is 10.6. The second kappa shape index (κ2) is 4.75. The van der Waals surface area contributed by atoms with Gasteiger partial charge in [0.25, 0.3) is 0 Å². The van der Waals surface area contributed by atoms with Crippen molar-refractivity contribution in [3.05, 3.63) is 42.4 Å². The SMILES string of the molecule is c1coc(CCn2cncc2C2CCNC2)c1. The van der Waals surface area contributed by atoms with Gasteiger partial charge in [-0.15, -0.1) is 0 Å². The van der Waals surface area contributed by atoms with Crippen LogP contribution in [-0.2, 0) is 13.0 Å². The summed E-state index contributed by atoms with van der Waals surface area (Å²) >= 11 is 0. The van der Waals surface area contributed by atoms with Gasteiger partial charge in [0.2, 0.25) is 0 Å². The lowest BCUT2D eigenvalue weighted by molar-refractivity contribution is 0.485. The van der Waals surface area contributed by atoms with Crippen LogP contribution in [0.5, 0.6) is 0 Å². The average molecular weight is 231 g/mol. The molecule has 0 radical (unpaired) electrons. The number of hydrogen-bond donors (Lipinski definition) is 1. The Kier molecular flexibility index (Phi) is 2.96. The van der Waals surface area contributed by atoms with Crippen LogP contribution in [0.25, 0.3) is 0 Å². The Balaban J connectivity index is 1.68. The molecule has 2 aromatic heterocycles. The van der Waals surface area contributed by atoms with Crippen molar-refractivity contribution in [1.29, 1.82) is 0 Å². The van der Waals surface area contributed by atoms with Gasteiger partial charge in [-0.3, -0.25) is 0 Å². The Bertz CT molecular complexity index is 455. The first-order chi connectivity index (χ1) is 8.43. The highest BCUT2D eigenvalue weighted by atomic mass is 16.3. The van der Waals surface area contributed by atoms with Gasteiger partial charge in [-0.05, 0) is 25.1 Å². The summed E-state index contributed by atoms with van der Waals surface area (Å²) in [6, 6.07) is 3.96. The van der Waals surface area contributed by atoms with Gasteiger partial charge < -0.3 is 14.3 Å². The zero-order valence-electron chi connectivity index (χ0n) is 9.80. The van der Waals surface area contributed by atoms with E-state index in [0.717, 1.165) is 31.8 Å². The van der Waals surface area contributed by atoms with E-state index < -0.39 is 0 Å². The Hall–Kier alpha value is -1.55. The molecular formula is C13H17N3O. The van der Waals surface area contributed by atoms with Crippen molar-refractivity contribution < 1.29 is 4.42 Å².